The Morgan fingerprint density at radius 3 is 2.83 bits per heavy atom. The summed E-state index contributed by atoms with van der Waals surface area (Å²) in [6.45, 7) is 5.59. The number of aromatic nitrogens is 2. The van der Waals surface area contributed by atoms with Gasteiger partial charge in [-0.25, -0.2) is 4.98 Å². The molecule has 1 saturated heterocycles. The molecule has 2 heterocycles. The number of para-hydroxylation sites is 2. The van der Waals surface area contributed by atoms with E-state index in [9.17, 15) is 4.79 Å². The average Bonchev–Trinajstić information content (AvgIpc) is 2.79. The van der Waals surface area contributed by atoms with Crippen LogP contribution in [-0.4, -0.2) is 39.4 Å². The highest BCUT2D eigenvalue weighted by atomic mass is 16.2. The van der Waals surface area contributed by atoms with Crippen molar-refractivity contribution in [3.05, 3.63) is 30.5 Å². The normalized spacial score (nSPS) is 26.2. The predicted octanol–water partition coefficient (Wildman–Crippen LogP) is 2.69. The number of fused-ring (bicyclic) bond motifs is 2. The lowest BCUT2D eigenvalue weighted by Gasteiger charge is -2.44. The number of benzene rings is 1. The highest BCUT2D eigenvalue weighted by Crippen LogP contribution is 2.46. The van der Waals surface area contributed by atoms with Crippen molar-refractivity contribution in [2.45, 2.75) is 32.2 Å². The monoisotopic (exact) mass is 310 g/mol. The summed E-state index contributed by atoms with van der Waals surface area (Å²) in [6.07, 6.45) is 4.07. The van der Waals surface area contributed by atoms with Crippen LogP contribution in [0.3, 0.4) is 0 Å². The third-order valence-corrected chi connectivity index (χ3v) is 5.27. The molecule has 4 rings (SSSR count). The molecular formula is C18H22N4O. The Morgan fingerprint density at radius 1 is 1.35 bits per heavy atom. The van der Waals surface area contributed by atoms with Crippen LogP contribution in [-0.2, 0) is 4.79 Å². The topological polar surface area (TPSA) is 58.1 Å². The van der Waals surface area contributed by atoms with Gasteiger partial charge in [0.15, 0.2) is 0 Å². The van der Waals surface area contributed by atoms with Crippen LogP contribution in [0.25, 0.3) is 11.0 Å². The molecule has 1 saturated carbocycles. The van der Waals surface area contributed by atoms with E-state index in [0.29, 0.717) is 5.92 Å². The molecule has 2 fully saturated rings. The molecule has 0 spiro atoms. The number of hydrogen-bond acceptors (Lipinski definition) is 4. The third kappa shape index (κ3) is 2.35. The van der Waals surface area contributed by atoms with Crippen LogP contribution in [0.15, 0.2) is 30.5 Å². The van der Waals surface area contributed by atoms with Crippen LogP contribution >= 0.6 is 0 Å². The van der Waals surface area contributed by atoms with Crippen LogP contribution < -0.4 is 5.32 Å². The Balaban J connectivity index is 1.56. The maximum Gasteiger partial charge on any atom is 0.225 e. The molecule has 2 aliphatic rings. The van der Waals surface area contributed by atoms with E-state index < -0.39 is 0 Å². The lowest BCUT2D eigenvalue weighted by molar-refractivity contribution is -0.133. The van der Waals surface area contributed by atoms with Gasteiger partial charge in [-0.15, -0.1) is 0 Å². The van der Waals surface area contributed by atoms with Gasteiger partial charge >= 0.3 is 0 Å². The molecular weight excluding hydrogens is 288 g/mol. The number of nitrogens with one attached hydrogen (secondary N) is 1. The van der Waals surface area contributed by atoms with Crippen molar-refractivity contribution in [2.75, 3.05) is 18.4 Å². The van der Waals surface area contributed by atoms with Crippen molar-refractivity contribution in [1.82, 2.24) is 14.9 Å². The van der Waals surface area contributed by atoms with E-state index in [0.717, 1.165) is 36.4 Å². The van der Waals surface area contributed by atoms with Crippen molar-refractivity contribution in [1.29, 1.82) is 0 Å². The first-order valence-electron chi connectivity index (χ1n) is 8.36. The number of amides is 1. The molecule has 1 aromatic heterocycles. The lowest BCUT2D eigenvalue weighted by atomic mass is 9.69. The van der Waals surface area contributed by atoms with Crippen LogP contribution in [0.5, 0.6) is 0 Å². The zero-order valence-corrected chi connectivity index (χ0v) is 13.6. The molecule has 5 heteroatoms. The van der Waals surface area contributed by atoms with Crippen molar-refractivity contribution in [3.63, 3.8) is 0 Å². The second kappa shape index (κ2) is 5.18. The van der Waals surface area contributed by atoms with Crippen LogP contribution in [0.2, 0.25) is 0 Å². The van der Waals surface area contributed by atoms with Crippen LogP contribution in [0.4, 0.5) is 5.82 Å². The molecule has 1 aliphatic carbocycles. The Kier molecular flexibility index (Phi) is 3.25. The summed E-state index contributed by atoms with van der Waals surface area (Å²) in [5, 5.41) is 3.60. The highest BCUT2D eigenvalue weighted by Gasteiger charge is 2.54. The minimum absolute atomic E-state index is 0.0122. The van der Waals surface area contributed by atoms with Gasteiger partial charge in [0.1, 0.15) is 5.82 Å². The van der Waals surface area contributed by atoms with Crippen molar-refractivity contribution in [3.8, 4) is 0 Å². The lowest BCUT2D eigenvalue weighted by Crippen LogP contribution is -2.53. The number of nitrogens with zero attached hydrogens (tertiary/aromatic N) is 3. The number of likely N-dealkylation sites (tertiary alicyclic amines) is 1. The van der Waals surface area contributed by atoms with Gasteiger partial charge in [-0.05, 0) is 25.0 Å². The van der Waals surface area contributed by atoms with E-state index in [-0.39, 0.29) is 17.4 Å². The quantitative estimate of drug-likeness (QED) is 0.947. The molecule has 0 bridgehead atoms. The summed E-state index contributed by atoms with van der Waals surface area (Å²) >= 11 is 0. The Bertz CT molecular complexity index is 760. The number of carbonyl (C=O) groups is 1. The van der Waals surface area contributed by atoms with E-state index in [1.54, 1.807) is 6.20 Å². The minimum Gasteiger partial charge on any atom is -0.361 e. The fraction of sp³-hybridized carbons (Fsp3) is 0.500. The van der Waals surface area contributed by atoms with Crippen molar-refractivity contribution >= 4 is 22.8 Å². The smallest absolute Gasteiger partial charge is 0.225 e. The fourth-order valence-electron chi connectivity index (χ4n) is 3.85. The van der Waals surface area contributed by atoms with E-state index >= 15 is 0 Å². The number of rotatable bonds is 3. The van der Waals surface area contributed by atoms with Gasteiger partial charge in [-0.1, -0.05) is 26.0 Å². The molecule has 5 nitrogen and oxygen atoms in total. The zero-order valence-electron chi connectivity index (χ0n) is 13.6. The van der Waals surface area contributed by atoms with Crippen LogP contribution in [0, 0.1) is 11.8 Å². The van der Waals surface area contributed by atoms with Gasteiger partial charge in [0.25, 0.3) is 0 Å². The van der Waals surface area contributed by atoms with Crippen molar-refractivity contribution < 1.29 is 4.79 Å². The Labute approximate surface area is 136 Å². The molecule has 1 aliphatic heterocycles. The highest BCUT2D eigenvalue weighted by molar-refractivity contribution is 5.79. The summed E-state index contributed by atoms with van der Waals surface area (Å²) in [5.41, 5.74) is 1.79. The number of carbonyl (C=O) groups excluding carboxylic acids is 1. The maximum atomic E-state index is 12.3. The maximum absolute atomic E-state index is 12.3. The molecule has 23 heavy (non-hydrogen) atoms. The Hall–Kier alpha value is -2.17. The van der Waals surface area contributed by atoms with Crippen LogP contribution in [0.1, 0.15) is 26.7 Å². The first kappa shape index (κ1) is 14.4. The summed E-state index contributed by atoms with van der Waals surface area (Å²) in [6, 6.07) is 7.89. The summed E-state index contributed by atoms with van der Waals surface area (Å²) in [4.78, 5) is 23.5. The largest absolute Gasteiger partial charge is 0.361 e. The first-order valence-corrected chi connectivity index (χ1v) is 8.36. The summed E-state index contributed by atoms with van der Waals surface area (Å²) in [7, 11) is 0. The molecule has 1 N–H and O–H groups in total. The minimum atomic E-state index is -0.0122. The summed E-state index contributed by atoms with van der Waals surface area (Å²) < 4.78 is 0. The van der Waals surface area contributed by atoms with Gasteiger partial charge in [0, 0.05) is 24.9 Å². The molecule has 1 amide bonds. The number of anilines is 1. The fourth-order valence-corrected chi connectivity index (χ4v) is 3.85. The molecule has 0 radical (unpaired) electrons. The number of hydrogen-bond donors (Lipinski definition) is 1. The second-order valence-corrected chi connectivity index (χ2v) is 7.13. The molecule has 2 unspecified atom stereocenters. The average molecular weight is 310 g/mol. The van der Waals surface area contributed by atoms with E-state index in [2.05, 4.69) is 15.3 Å². The van der Waals surface area contributed by atoms with Gasteiger partial charge in [-0.3, -0.25) is 9.78 Å². The second-order valence-electron chi connectivity index (χ2n) is 7.13. The van der Waals surface area contributed by atoms with Gasteiger partial charge < -0.3 is 10.2 Å². The zero-order chi connectivity index (χ0) is 16.0. The standard InChI is InChI=1S/C18H22N4O/c1-12(2)17(23)22-10-13-7-8-18(13,11-22)21-16-9-19-14-5-3-4-6-15(14)20-16/h3-6,9,12-13H,7-8,10-11H2,1-2H3,(H,20,21). The van der Waals surface area contributed by atoms with Crippen molar-refractivity contribution in [2.24, 2.45) is 11.8 Å². The predicted molar refractivity (Wildman–Crippen MR) is 90.0 cm³/mol. The van der Waals surface area contributed by atoms with Gasteiger partial charge in [0.2, 0.25) is 5.91 Å². The summed E-state index contributed by atoms with van der Waals surface area (Å²) in [5.74, 6) is 1.65. The molecule has 2 aromatic rings. The van der Waals surface area contributed by atoms with Gasteiger partial charge in [0.05, 0.1) is 22.8 Å². The molecule has 120 valence electrons. The van der Waals surface area contributed by atoms with E-state index in [1.165, 1.54) is 6.42 Å². The first-order chi connectivity index (χ1) is 11.1. The SMILES string of the molecule is CC(C)C(=O)N1CC2CCC2(Nc2cnc3ccccc3n2)C1. The van der Waals surface area contributed by atoms with Gasteiger partial charge in [-0.2, -0.15) is 0 Å². The van der Waals surface area contributed by atoms with E-state index in [4.69, 9.17) is 0 Å². The van der Waals surface area contributed by atoms with E-state index in [1.807, 2.05) is 43.0 Å². The molecule has 1 aromatic carbocycles. The molecule has 2 atom stereocenters. The third-order valence-electron chi connectivity index (χ3n) is 5.27. The Morgan fingerprint density at radius 2 is 2.13 bits per heavy atom.